The highest BCUT2D eigenvalue weighted by atomic mass is 32.1. The molecule has 1 aromatic heterocycles. The Labute approximate surface area is 102 Å². The van der Waals surface area contributed by atoms with Crippen LogP contribution < -0.4 is 5.32 Å². The molecule has 5 heteroatoms. The van der Waals surface area contributed by atoms with Gasteiger partial charge < -0.3 is 5.32 Å². The summed E-state index contributed by atoms with van der Waals surface area (Å²) in [6.45, 7) is 0. The van der Waals surface area contributed by atoms with Gasteiger partial charge in [-0.05, 0) is 24.7 Å². The average molecular weight is 254 g/mol. The van der Waals surface area contributed by atoms with Crippen LogP contribution in [0.1, 0.15) is 16.6 Å². The van der Waals surface area contributed by atoms with Crippen molar-refractivity contribution < 1.29 is 8.78 Å². The molecule has 1 unspecified atom stereocenters. The zero-order valence-corrected chi connectivity index (χ0v) is 10.1. The number of hydrogen-bond donors (Lipinski definition) is 1. The van der Waals surface area contributed by atoms with E-state index < -0.39 is 11.6 Å². The molecule has 90 valence electrons. The van der Waals surface area contributed by atoms with E-state index in [1.807, 2.05) is 5.38 Å². The maximum atomic E-state index is 13.1. The fraction of sp³-hybridized carbons (Fsp3) is 0.250. The Hall–Kier alpha value is -1.33. The summed E-state index contributed by atoms with van der Waals surface area (Å²) >= 11 is 1.55. The highest BCUT2D eigenvalue weighted by Crippen LogP contribution is 2.21. The van der Waals surface area contributed by atoms with Crippen molar-refractivity contribution in [1.29, 1.82) is 0 Å². The summed E-state index contributed by atoms with van der Waals surface area (Å²) in [5, 5.41) is 5.94. The summed E-state index contributed by atoms with van der Waals surface area (Å²) in [6.07, 6.45) is 2.40. The molecule has 2 rings (SSSR count). The lowest BCUT2D eigenvalue weighted by atomic mass is 10.0. The molecule has 0 radical (unpaired) electrons. The minimum atomic E-state index is -0.821. The van der Waals surface area contributed by atoms with E-state index in [1.165, 1.54) is 6.07 Å². The molecule has 2 aromatic rings. The van der Waals surface area contributed by atoms with E-state index in [9.17, 15) is 8.78 Å². The van der Waals surface area contributed by atoms with Gasteiger partial charge in [0.05, 0.1) is 5.01 Å². The number of likely N-dealkylation sites (N-methyl/N-ethyl adjacent to an activating group) is 1. The highest BCUT2D eigenvalue weighted by molar-refractivity contribution is 7.09. The molecule has 0 fully saturated rings. The van der Waals surface area contributed by atoms with E-state index in [-0.39, 0.29) is 6.04 Å². The molecule has 1 N–H and O–H groups in total. The second kappa shape index (κ2) is 5.33. The van der Waals surface area contributed by atoms with E-state index in [4.69, 9.17) is 0 Å². The van der Waals surface area contributed by atoms with E-state index in [0.29, 0.717) is 6.42 Å². The maximum absolute atomic E-state index is 13.1. The Morgan fingerprint density at radius 1 is 1.35 bits per heavy atom. The highest BCUT2D eigenvalue weighted by Gasteiger charge is 2.13. The summed E-state index contributed by atoms with van der Waals surface area (Å²) in [7, 11) is 1.79. The first-order valence-corrected chi connectivity index (χ1v) is 6.09. The topological polar surface area (TPSA) is 24.9 Å². The molecule has 1 atom stereocenters. The van der Waals surface area contributed by atoms with Crippen molar-refractivity contribution in [1.82, 2.24) is 10.3 Å². The quantitative estimate of drug-likeness (QED) is 0.907. The lowest BCUT2D eigenvalue weighted by Gasteiger charge is -2.15. The van der Waals surface area contributed by atoms with Crippen molar-refractivity contribution in [3.63, 3.8) is 0 Å². The number of benzene rings is 1. The summed E-state index contributed by atoms with van der Waals surface area (Å²) in [6, 6.07) is 3.91. The third-order valence-corrected chi connectivity index (χ3v) is 3.36. The van der Waals surface area contributed by atoms with Crippen LogP contribution in [-0.4, -0.2) is 12.0 Å². The molecule has 2 nitrogen and oxygen atoms in total. The molecular formula is C12H12F2N2S. The van der Waals surface area contributed by atoms with Crippen molar-refractivity contribution in [2.24, 2.45) is 0 Å². The van der Waals surface area contributed by atoms with Gasteiger partial charge in [0.15, 0.2) is 11.6 Å². The number of thiazole rings is 1. The minimum Gasteiger partial charge on any atom is -0.313 e. The standard InChI is InChI=1S/C12H12F2N2S/c1-15-11(7-12-16-4-5-17-12)8-2-3-9(13)10(14)6-8/h2-6,11,15H,7H2,1H3. The monoisotopic (exact) mass is 254 g/mol. The fourth-order valence-electron chi connectivity index (χ4n) is 1.64. The maximum Gasteiger partial charge on any atom is 0.159 e. The molecular weight excluding hydrogens is 242 g/mol. The zero-order chi connectivity index (χ0) is 12.3. The van der Waals surface area contributed by atoms with E-state index in [0.717, 1.165) is 16.6 Å². The van der Waals surface area contributed by atoms with Crippen LogP contribution in [0.4, 0.5) is 8.78 Å². The number of nitrogens with one attached hydrogen (secondary N) is 1. The van der Waals surface area contributed by atoms with Crippen LogP contribution in [0.25, 0.3) is 0 Å². The van der Waals surface area contributed by atoms with Gasteiger partial charge in [-0.15, -0.1) is 11.3 Å². The number of nitrogens with zero attached hydrogens (tertiary/aromatic N) is 1. The predicted octanol–water partition coefficient (Wildman–Crippen LogP) is 2.92. The zero-order valence-electron chi connectivity index (χ0n) is 9.28. The molecule has 0 aliphatic heterocycles. The largest absolute Gasteiger partial charge is 0.313 e. The first-order valence-electron chi connectivity index (χ1n) is 5.21. The van der Waals surface area contributed by atoms with Crippen LogP contribution in [0.3, 0.4) is 0 Å². The van der Waals surface area contributed by atoms with Crippen LogP contribution in [0, 0.1) is 11.6 Å². The lowest BCUT2D eigenvalue weighted by molar-refractivity contribution is 0.501. The van der Waals surface area contributed by atoms with Gasteiger partial charge >= 0.3 is 0 Å². The Kier molecular flexibility index (Phi) is 3.81. The number of aromatic nitrogens is 1. The lowest BCUT2D eigenvalue weighted by Crippen LogP contribution is -2.19. The smallest absolute Gasteiger partial charge is 0.159 e. The van der Waals surface area contributed by atoms with Gasteiger partial charge in [-0.1, -0.05) is 6.07 Å². The molecule has 0 spiro atoms. The second-order valence-corrected chi connectivity index (χ2v) is 4.62. The molecule has 0 amide bonds. The van der Waals surface area contributed by atoms with Crippen LogP contribution in [0.15, 0.2) is 29.8 Å². The van der Waals surface area contributed by atoms with Crippen LogP contribution in [-0.2, 0) is 6.42 Å². The number of rotatable bonds is 4. The normalized spacial score (nSPS) is 12.6. The Balaban J connectivity index is 2.20. The molecule has 1 heterocycles. The van der Waals surface area contributed by atoms with Crippen molar-refractivity contribution in [2.75, 3.05) is 7.05 Å². The van der Waals surface area contributed by atoms with Gasteiger partial charge in [-0.2, -0.15) is 0 Å². The third-order valence-electron chi connectivity index (χ3n) is 2.56. The van der Waals surface area contributed by atoms with Gasteiger partial charge in [0.2, 0.25) is 0 Å². The van der Waals surface area contributed by atoms with Gasteiger partial charge in [-0.3, -0.25) is 0 Å². The first-order chi connectivity index (χ1) is 8.20. The fourth-order valence-corrected chi connectivity index (χ4v) is 2.31. The van der Waals surface area contributed by atoms with E-state index in [2.05, 4.69) is 10.3 Å². The summed E-state index contributed by atoms with van der Waals surface area (Å²) < 4.78 is 26.0. The number of hydrogen-bond acceptors (Lipinski definition) is 3. The third kappa shape index (κ3) is 2.87. The summed E-state index contributed by atoms with van der Waals surface area (Å²) in [4.78, 5) is 4.18. The van der Waals surface area contributed by atoms with Crippen LogP contribution in [0.2, 0.25) is 0 Å². The average Bonchev–Trinajstić information content (AvgIpc) is 2.82. The van der Waals surface area contributed by atoms with Gasteiger partial charge in [-0.25, -0.2) is 13.8 Å². The van der Waals surface area contributed by atoms with Gasteiger partial charge in [0.25, 0.3) is 0 Å². The molecule has 0 bridgehead atoms. The molecule has 0 aliphatic carbocycles. The van der Waals surface area contributed by atoms with Gasteiger partial charge in [0, 0.05) is 24.0 Å². The molecule has 1 aromatic carbocycles. The van der Waals surface area contributed by atoms with Crippen LogP contribution >= 0.6 is 11.3 Å². The van der Waals surface area contributed by atoms with E-state index >= 15 is 0 Å². The minimum absolute atomic E-state index is 0.0590. The molecule has 0 aliphatic rings. The van der Waals surface area contributed by atoms with Crippen molar-refractivity contribution in [3.8, 4) is 0 Å². The molecule has 17 heavy (non-hydrogen) atoms. The predicted molar refractivity (Wildman–Crippen MR) is 64.0 cm³/mol. The van der Waals surface area contributed by atoms with Crippen molar-refractivity contribution in [2.45, 2.75) is 12.5 Å². The second-order valence-electron chi connectivity index (χ2n) is 3.64. The molecule has 0 saturated carbocycles. The van der Waals surface area contributed by atoms with Crippen LogP contribution in [0.5, 0.6) is 0 Å². The van der Waals surface area contributed by atoms with E-state index in [1.54, 1.807) is 30.6 Å². The Morgan fingerprint density at radius 3 is 2.76 bits per heavy atom. The van der Waals surface area contributed by atoms with Crippen molar-refractivity contribution >= 4 is 11.3 Å². The Bertz CT molecular complexity index is 485. The summed E-state index contributed by atoms with van der Waals surface area (Å²) in [5.41, 5.74) is 0.724. The number of halogens is 2. The van der Waals surface area contributed by atoms with Gasteiger partial charge in [0.1, 0.15) is 0 Å². The molecule has 0 saturated heterocycles. The summed E-state index contributed by atoms with van der Waals surface area (Å²) in [5.74, 6) is -1.64. The Morgan fingerprint density at radius 2 is 2.18 bits per heavy atom. The van der Waals surface area contributed by atoms with Crippen molar-refractivity contribution in [3.05, 3.63) is 52.0 Å². The SMILES string of the molecule is CNC(Cc1nccs1)c1ccc(F)c(F)c1. The first kappa shape index (κ1) is 12.1.